The highest BCUT2D eigenvalue weighted by Crippen LogP contribution is 2.77. The number of fused-ring (bicyclic) bond motifs is 4. The molecule has 2 aliphatic heterocycles. The minimum Gasteiger partial charge on any atom is -0.462 e. The van der Waals surface area contributed by atoms with Crippen LogP contribution < -0.4 is 0 Å². The standard InChI is InChI=1S/C78H98O7/c1-48(2)41-55-23-15-21-53-28-29-56(42-49(3)17-14-20-51-18-8-6-9-19-51)72(81)78-65(79)35-37-74(5,71(78)64(85-73(82)67(53)55)43-50(4)77(78,83)40-32-52-44-66(80)84-47-52)59-34-39-75-38-33-57-46-76(58-24-10-7-11-25-58)36-13-12-27-62(76)61-31-30-54-22-16-26-60(63(75)45-59)68(54)69(61)70(57)75/h6-11,16,18-19,22,24-26,30-31,44,48-50,53,55-57,59,62-65,67,70-72,79,81,83H,12-15,17,20-21,23,27,32-43,45-47H2,1-5H3/t49-,50-,53+,55+,56-,57-,59-,62-,63+,64-,65+,67-,70-,71+,72+,74+,75+,76+,77-,78+/m1/s1. The fraction of sp³-hybridized carbons (Fsp3) is 0.641. The molecule has 20 atom stereocenters. The van der Waals surface area contributed by atoms with Gasteiger partial charge in [-0.3, -0.25) is 4.79 Å². The second-order valence-electron chi connectivity index (χ2n) is 31.0. The Kier molecular flexibility index (Phi) is 15.3. The molecule has 8 aliphatic carbocycles. The quantitative estimate of drug-likeness (QED) is 0.0903. The maximum Gasteiger partial charge on any atom is 0.331 e. The third-order valence-electron chi connectivity index (χ3n) is 26.5. The maximum absolute atomic E-state index is 15.9. The highest BCUT2D eigenvalue weighted by molar-refractivity contribution is 5.93. The summed E-state index contributed by atoms with van der Waals surface area (Å²) >= 11 is 0. The normalized spacial score (nSPS) is 41.1. The number of cyclic esters (lactones) is 1. The van der Waals surface area contributed by atoms with Crippen molar-refractivity contribution >= 4 is 22.7 Å². The lowest BCUT2D eigenvalue weighted by molar-refractivity contribution is -0.331. The topological polar surface area (TPSA) is 113 Å². The van der Waals surface area contributed by atoms with Crippen LogP contribution in [0.2, 0.25) is 0 Å². The number of rotatable bonds is 13. The Morgan fingerprint density at radius 3 is 2.34 bits per heavy atom. The largest absolute Gasteiger partial charge is 0.462 e. The van der Waals surface area contributed by atoms with E-state index in [1.807, 2.05) is 0 Å². The number of aliphatic hydroxyl groups excluding tert-OH is 2. The fourth-order valence-electron chi connectivity index (χ4n) is 23.1. The zero-order chi connectivity index (χ0) is 58.6. The molecule has 1 spiro atoms. The van der Waals surface area contributed by atoms with E-state index in [0.717, 1.165) is 69.8 Å². The van der Waals surface area contributed by atoms with Crippen molar-refractivity contribution in [1.29, 1.82) is 0 Å². The van der Waals surface area contributed by atoms with Gasteiger partial charge in [0.25, 0.3) is 0 Å². The molecule has 0 radical (unpaired) electrons. The predicted molar refractivity (Wildman–Crippen MR) is 336 cm³/mol. The number of carbonyl (C=O) groups excluding carboxylic acids is 2. The van der Waals surface area contributed by atoms with Crippen LogP contribution >= 0.6 is 0 Å². The predicted octanol–water partition coefficient (Wildman–Crippen LogP) is 16.0. The number of benzene rings is 4. The molecule has 0 amide bonds. The summed E-state index contributed by atoms with van der Waals surface area (Å²) in [7, 11) is 0. The Hall–Kier alpha value is -4.74. The van der Waals surface area contributed by atoms with E-state index in [9.17, 15) is 20.1 Å². The van der Waals surface area contributed by atoms with Crippen LogP contribution in [0, 0.1) is 87.3 Å². The third-order valence-corrected chi connectivity index (χ3v) is 26.5. The van der Waals surface area contributed by atoms with Gasteiger partial charge in [-0.05, 0) is 230 Å². The van der Waals surface area contributed by atoms with Crippen molar-refractivity contribution in [3.63, 3.8) is 0 Å². The Morgan fingerprint density at radius 2 is 1.55 bits per heavy atom. The summed E-state index contributed by atoms with van der Waals surface area (Å²) in [6.45, 7) is 11.6. The summed E-state index contributed by atoms with van der Waals surface area (Å²) in [6, 6.07) is 34.7. The average molecular weight is 1150 g/mol. The Labute approximate surface area is 508 Å². The van der Waals surface area contributed by atoms with Crippen molar-refractivity contribution in [1.82, 2.24) is 0 Å². The third kappa shape index (κ3) is 9.24. The van der Waals surface area contributed by atoms with E-state index < -0.39 is 52.5 Å². The molecule has 0 unspecified atom stereocenters. The SMILES string of the molecule is CC(C)C[C@@H]1CCC[C@H]2C#C[C@H](C[C@H](C)CCCc3ccccc3)[C@H](O)[C@]34[C@@H](O)CC[C@@](C)([C@@H]5CC[C@]67CC[C@@H]8C[C@]9(c%10ccccc%10)CCCC[C@@H]9c9ccc%10cccc(c%10c9[C@@H]86)[C@@H]7C5)[C@@H]3[C@@H](C[C@@H](C)[C@]4(O)CCC3=CC(=O)OC3)OC(=O)[C@@H]12. The number of aliphatic hydroxyl groups is 3. The van der Waals surface area contributed by atoms with Crippen LogP contribution in [-0.4, -0.2) is 57.8 Å². The average Bonchev–Trinajstić information content (AvgIpc) is 1.65. The fourth-order valence-corrected chi connectivity index (χ4v) is 23.1. The van der Waals surface area contributed by atoms with Gasteiger partial charge in [-0.2, -0.15) is 0 Å². The Bertz CT molecular complexity index is 3250. The first-order valence-electron chi connectivity index (χ1n) is 34.4. The van der Waals surface area contributed by atoms with Gasteiger partial charge in [-0.15, -0.1) is 0 Å². The molecule has 14 rings (SSSR count). The van der Waals surface area contributed by atoms with Crippen molar-refractivity contribution in [2.75, 3.05) is 6.61 Å². The minimum absolute atomic E-state index is 0.102. The molecule has 10 aliphatic rings. The lowest BCUT2D eigenvalue weighted by Crippen LogP contribution is -2.77. The number of esters is 2. The highest BCUT2D eigenvalue weighted by Gasteiger charge is 2.76. The number of carbonyl (C=O) groups is 2. The molecule has 4 aromatic rings. The second kappa shape index (κ2) is 22.4. The monoisotopic (exact) mass is 1150 g/mol. The molecular formula is C78H98O7. The molecule has 7 nitrogen and oxygen atoms in total. The van der Waals surface area contributed by atoms with E-state index >= 15 is 4.79 Å². The van der Waals surface area contributed by atoms with Gasteiger partial charge >= 0.3 is 11.9 Å². The van der Waals surface area contributed by atoms with Crippen molar-refractivity contribution in [2.45, 2.75) is 229 Å². The molecule has 6 fully saturated rings. The van der Waals surface area contributed by atoms with E-state index in [4.69, 9.17) is 9.47 Å². The van der Waals surface area contributed by atoms with Gasteiger partial charge in [-0.25, -0.2) is 4.79 Å². The number of hydrogen-bond acceptors (Lipinski definition) is 7. The Balaban J connectivity index is 0.907. The summed E-state index contributed by atoms with van der Waals surface area (Å²) < 4.78 is 12.9. The molecule has 0 saturated heterocycles. The van der Waals surface area contributed by atoms with Crippen molar-refractivity contribution in [3.8, 4) is 11.8 Å². The molecular weight excluding hydrogens is 1050 g/mol. The summed E-state index contributed by atoms with van der Waals surface area (Å²) in [5.41, 5.74) is 5.07. The molecule has 7 heteroatoms. The number of ether oxygens (including phenoxy) is 2. The molecule has 2 bridgehead atoms. The molecule has 6 saturated carbocycles. The lowest BCUT2D eigenvalue weighted by atomic mass is 9.36. The summed E-state index contributed by atoms with van der Waals surface area (Å²) in [5.74, 6) is 7.64. The van der Waals surface area contributed by atoms with Crippen LogP contribution in [0.1, 0.15) is 221 Å². The molecule has 2 heterocycles. The van der Waals surface area contributed by atoms with E-state index in [-0.39, 0.29) is 65.4 Å². The van der Waals surface area contributed by atoms with Crippen molar-refractivity contribution < 1.29 is 34.4 Å². The van der Waals surface area contributed by atoms with Gasteiger partial charge < -0.3 is 24.8 Å². The smallest absolute Gasteiger partial charge is 0.331 e. The number of aryl methyl sites for hydroxylation is 1. The first-order chi connectivity index (χ1) is 41.1. The van der Waals surface area contributed by atoms with Gasteiger partial charge in [-0.1, -0.05) is 163 Å². The van der Waals surface area contributed by atoms with Crippen LogP contribution in [0.15, 0.2) is 103 Å². The molecule has 4 aromatic carbocycles. The van der Waals surface area contributed by atoms with Gasteiger partial charge in [0.05, 0.1) is 29.1 Å². The zero-order valence-electron chi connectivity index (χ0n) is 51.9. The van der Waals surface area contributed by atoms with Crippen LogP contribution in [-0.2, 0) is 30.9 Å². The summed E-state index contributed by atoms with van der Waals surface area (Å²) in [5, 5.41) is 45.8. The highest BCUT2D eigenvalue weighted by atomic mass is 16.5. The van der Waals surface area contributed by atoms with Crippen molar-refractivity contribution in [3.05, 3.63) is 130 Å². The van der Waals surface area contributed by atoms with E-state index in [2.05, 4.69) is 137 Å². The van der Waals surface area contributed by atoms with Crippen LogP contribution in [0.3, 0.4) is 0 Å². The zero-order valence-corrected chi connectivity index (χ0v) is 51.9. The second-order valence-corrected chi connectivity index (χ2v) is 31.0. The van der Waals surface area contributed by atoms with Crippen LogP contribution in [0.4, 0.5) is 0 Å². The van der Waals surface area contributed by atoms with Gasteiger partial charge in [0.15, 0.2) is 0 Å². The first-order valence-corrected chi connectivity index (χ1v) is 34.4. The van der Waals surface area contributed by atoms with Crippen LogP contribution in [0.25, 0.3) is 10.8 Å². The molecule has 452 valence electrons. The Morgan fingerprint density at radius 1 is 0.753 bits per heavy atom. The van der Waals surface area contributed by atoms with E-state index in [1.165, 1.54) is 66.8 Å². The summed E-state index contributed by atoms with van der Waals surface area (Å²) in [4.78, 5) is 28.6. The van der Waals surface area contributed by atoms with E-state index in [0.29, 0.717) is 61.7 Å². The van der Waals surface area contributed by atoms with E-state index in [1.54, 1.807) is 22.8 Å². The van der Waals surface area contributed by atoms with Crippen LogP contribution in [0.5, 0.6) is 0 Å². The van der Waals surface area contributed by atoms with Gasteiger partial charge in [0.2, 0.25) is 0 Å². The molecule has 0 aromatic heterocycles. The lowest BCUT2D eigenvalue weighted by Gasteiger charge is -2.71. The molecule has 85 heavy (non-hydrogen) atoms. The minimum atomic E-state index is -1.63. The van der Waals surface area contributed by atoms with Crippen molar-refractivity contribution in [2.24, 2.45) is 75.4 Å². The van der Waals surface area contributed by atoms with Gasteiger partial charge in [0.1, 0.15) is 12.7 Å². The first kappa shape index (κ1) is 58.0. The number of hydrogen-bond donors (Lipinski definition) is 3. The van der Waals surface area contributed by atoms with Gasteiger partial charge in [0, 0.05) is 29.2 Å². The molecule has 3 N–H and O–H groups in total. The maximum atomic E-state index is 15.9. The summed E-state index contributed by atoms with van der Waals surface area (Å²) in [6.07, 6.45) is 19.9.